The number of hydrogen-bond donors (Lipinski definition) is 1. The second-order valence-electron chi connectivity index (χ2n) is 5.71. The molecule has 6 heteroatoms. The standard InChI is InChI=1S/C21H15ClN2OS2/c1-14-3-2-4-17(11-14)24-21(25)15(13-23)12-19-9-10-20(27-19)26-18-7-5-16(22)6-8-18/h2-12H,1H3,(H,24,25)/b15-12-. The van der Waals surface area contributed by atoms with Gasteiger partial charge in [0.2, 0.25) is 0 Å². The van der Waals surface area contributed by atoms with Gasteiger partial charge in [0, 0.05) is 20.5 Å². The minimum atomic E-state index is -0.414. The van der Waals surface area contributed by atoms with Crippen molar-refractivity contribution < 1.29 is 4.79 Å². The molecule has 0 radical (unpaired) electrons. The number of anilines is 1. The molecule has 0 saturated carbocycles. The summed E-state index contributed by atoms with van der Waals surface area (Å²) in [4.78, 5) is 14.3. The van der Waals surface area contributed by atoms with E-state index in [2.05, 4.69) is 5.32 Å². The van der Waals surface area contributed by atoms with E-state index < -0.39 is 5.91 Å². The summed E-state index contributed by atoms with van der Waals surface area (Å²) in [7, 11) is 0. The molecule has 0 saturated heterocycles. The molecule has 0 atom stereocenters. The Morgan fingerprint density at radius 1 is 1.19 bits per heavy atom. The fraction of sp³-hybridized carbons (Fsp3) is 0.0476. The summed E-state index contributed by atoms with van der Waals surface area (Å²) in [6.45, 7) is 1.95. The lowest BCUT2D eigenvalue weighted by Gasteiger charge is -2.04. The molecule has 3 nitrogen and oxygen atoms in total. The summed E-state index contributed by atoms with van der Waals surface area (Å²) in [6, 6.07) is 20.9. The third-order valence-electron chi connectivity index (χ3n) is 3.56. The van der Waals surface area contributed by atoms with Crippen molar-refractivity contribution in [1.29, 1.82) is 5.26 Å². The van der Waals surface area contributed by atoms with Crippen molar-refractivity contribution in [2.24, 2.45) is 0 Å². The van der Waals surface area contributed by atoms with E-state index >= 15 is 0 Å². The molecule has 0 spiro atoms. The zero-order chi connectivity index (χ0) is 19.2. The number of benzene rings is 2. The van der Waals surface area contributed by atoms with Crippen molar-refractivity contribution in [3.05, 3.63) is 81.7 Å². The van der Waals surface area contributed by atoms with Crippen LogP contribution in [0.25, 0.3) is 6.08 Å². The molecule has 134 valence electrons. The van der Waals surface area contributed by atoms with E-state index in [0.29, 0.717) is 10.7 Å². The summed E-state index contributed by atoms with van der Waals surface area (Å²) in [6.07, 6.45) is 1.61. The van der Waals surface area contributed by atoms with Gasteiger partial charge in [-0.2, -0.15) is 5.26 Å². The second-order valence-corrected chi connectivity index (χ2v) is 8.63. The highest BCUT2D eigenvalue weighted by atomic mass is 35.5. The number of thiophene rings is 1. The zero-order valence-corrected chi connectivity index (χ0v) is 16.8. The van der Waals surface area contributed by atoms with E-state index in [1.54, 1.807) is 23.9 Å². The number of carbonyl (C=O) groups is 1. The number of nitrogens with one attached hydrogen (secondary N) is 1. The van der Waals surface area contributed by atoms with Gasteiger partial charge in [-0.1, -0.05) is 35.5 Å². The van der Waals surface area contributed by atoms with Gasteiger partial charge in [-0.05, 0) is 67.1 Å². The molecule has 1 N–H and O–H groups in total. The maximum Gasteiger partial charge on any atom is 0.266 e. The minimum absolute atomic E-state index is 0.0707. The zero-order valence-electron chi connectivity index (χ0n) is 14.4. The Balaban J connectivity index is 1.72. The smallest absolute Gasteiger partial charge is 0.266 e. The minimum Gasteiger partial charge on any atom is -0.321 e. The van der Waals surface area contributed by atoms with Crippen LogP contribution in [-0.4, -0.2) is 5.91 Å². The average molecular weight is 411 g/mol. The number of nitrogens with zero attached hydrogens (tertiary/aromatic N) is 1. The lowest BCUT2D eigenvalue weighted by Crippen LogP contribution is -2.13. The monoisotopic (exact) mass is 410 g/mol. The van der Waals surface area contributed by atoms with Crippen LogP contribution >= 0.6 is 34.7 Å². The highest BCUT2D eigenvalue weighted by molar-refractivity contribution is 8.01. The molecule has 3 aromatic rings. The fourth-order valence-electron chi connectivity index (χ4n) is 2.30. The van der Waals surface area contributed by atoms with Gasteiger partial charge < -0.3 is 5.32 Å². The van der Waals surface area contributed by atoms with Gasteiger partial charge >= 0.3 is 0 Å². The first-order valence-electron chi connectivity index (χ1n) is 8.06. The lowest BCUT2D eigenvalue weighted by molar-refractivity contribution is -0.112. The number of nitriles is 1. The molecular weight excluding hydrogens is 396 g/mol. The molecule has 1 aromatic heterocycles. The predicted molar refractivity (Wildman–Crippen MR) is 113 cm³/mol. The topological polar surface area (TPSA) is 52.9 Å². The SMILES string of the molecule is Cc1cccc(NC(=O)/C(C#N)=C\c2ccc(Sc3ccc(Cl)cc3)s2)c1. The molecule has 0 unspecified atom stereocenters. The maximum absolute atomic E-state index is 12.4. The summed E-state index contributed by atoms with van der Waals surface area (Å²) >= 11 is 9.04. The Morgan fingerprint density at radius 3 is 2.67 bits per heavy atom. The maximum atomic E-state index is 12.4. The summed E-state index contributed by atoms with van der Waals surface area (Å²) in [5, 5.41) is 12.8. The molecule has 0 fully saturated rings. The van der Waals surface area contributed by atoms with Gasteiger partial charge in [0.15, 0.2) is 0 Å². The molecule has 0 aliphatic carbocycles. The third kappa shape index (κ3) is 5.48. The van der Waals surface area contributed by atoms with Crippen LogP contribution in [0.3, 0.4) is 0 Å². The number of hydrogen-bond acceptors (Lipinski definition) is 4. The van der Waals surface area contributed by atoms with Crippen molar-refractivity contribution >= 4 is 52.4 Å². The van der Waals surface area contributed by atoms with E-state index in [4.69, 9.17) is 11.6 Å². The molecule has 2 aromatic carbocycles. The Bertz CT molecular complexity index is 1030. The van der Waals surface area contributed by atoms with Crippen molar-refractivity contribution in [2.45, 2.75) is 16.0 Å². The first-order chi connectivity index (χ1) is 13.0. The Labute approximate surface area is 171 Å². The van der Waals surface area contributed by atoms with Gasteiger partial charge in [-0.3, -0.25) is 4.79 Å². The molecular formula is C21H15ClN2OS2. The van der Waals surface area contributed by atoms with Gasteiger partial charge in [-0.25, -0.2) is 0 Å². The summed E-state index contributed by atoms with van der Waals surface area (Å²) in [5.41, 5.74) is 1.78. The van der Waals surface area contributed by atoms with Crippen LogP contribution in [0.15, 0.2) is 75.3 Å². The number of halogens is 1. The van der Waals surface area contributed by atoms with E-state index in [9.17, 15) is 10.1 Å². The molecule has 0 aliphatic heterocycles. The van der Waals surface area contributed by atoms with Crippen LogP contribution in [0, 0.1) is 18.3 Å². The van der Waals surface area contributed by atoms with Gasteiger partial charge in [-0.15, -0.1) is 11.3 Å². The molecule has 27 heavy (non-hydrogen) atoms. The average Bonchev–Trinajstić information content (AvgIpc) is 3.08. The highest BCUT2D eigenvalue weighted by Crippen LogP contribution is 2.34. The summed E-state index contributed by atoms with van der Waals surface area (Å²) in [5.74, 6) is -0.414. The Hall–Kier alpha value is -2.52. The van der Waals surface area contributed by atoms with E-state index in [1.807, 2.05) is 67.6 Å². The predicted octanol–water partition coefficient (Wildman–Crippen LogP) is 6.41. The van der Waals surface area contributed by atoms with Crippen LogP contribution < -0.4 is 5.32 Å². The molecule has 0 aliphatic rings. The van der Waals surface area contributed by atoms with Crippen molar-refractivity contribution in [3.63, 3.8) is 0 Å². The van der Waals surface area contributed by atoms with Gasteiger partial charge in [0.1, 0.15) is 11.6 Å². The van der Waals surface area contributed by atoms with Crippen molar-refractivity contribution in [3.8, 4) is 6.07 Å². The van der Waals surface area contributed by atoms with Crippen LogP contribution in [0.1, 0.15) is 10.4 Å². The highest BCUT2D eigenvalue weighted by Gasteiger charge is 2.11. The van der Waals surface area contributed by atoms with Crippen LogP contribution in [-0.2, 0) is 4.79 Å². The van der Waals surface area contributed by atoms with Crippen LogP contribution in [0.5, 0.6) is 0 Å². The Kier molecular flexibility index (Phi) is 6.36. The summed E-state index contributed by atoms with van der Waals surface area (Å²) < 4.78 is 1.07. The number of carbonyl (C=O) groups excluding carboxylic acids is 1. The van der Waals surface area contributed by atoms with E-state index in [1.165, 1.54) is 11.3 Å². The first-order valence-corrected chi connectivity index (χ1v) is 10.1. The van der Waals surface area contributed by atoms with Crippen LogP contribution in [0.4, 0.5) is 5.69 Å². The van der Waals surface area contributed by atoms with Crippen molar-refractivity contribution in [2.75, 3.05) is 5.32 Å². The second kappa shape index (κ2) is 8.92. The molecule has 3 rings (SSSR count). The first kappa shape index (κ1) is 19.2. The molecule has 0 bridgehead atoms. The number of rotatable bonds is 5. The Morgan fingerprint density at radius 2 is 1.96 bits per heavy atom. The van der Waals surface area contributed by atoms with Crippen molar-refractivity contribution in [1.82, 2.24) is 0 Å². The normalized spacial score (nSPS) is 11.1. The van der Waals surface area contributed by atoms with E-state index in [0.717, 1.165) is 19.5 Å². The molecule has 1 amide bonds. The number of amides is 1. The number of aryl methyl sites for hydroxylation is 1. The largest absolute Gasteiger partial charge is 0.321 e. The lowest BCUT2D eigenvalue weighted by atomic mass is 10.2. The molecule has 1 heterocycles. The van der Waals surface area contributed by atoms with Gasteiger partial charge in [0.05, 0.1) is 4.21 Å². The van der Waals surface area contributed by atoms with Crippen LogP contribution in [0.2, 0.25) is 5.02 Å². The fourth-order valence-corrected chi connectivity index (χ4v) is 4.49. The van der Waals surface area contributed by atoms with Gasteiger partial charge in [0.25, 0.3) is 5.91 Å². The van der Waals surface area contributed by atoms with E-state index in [-0.39, 0.29) is 5.57 Å². The quantitative estimate of drug-likeness (QED) is 0.390. The third-order valence-corrected chi connectivity index (χ3v) is 5.99.